The van der Waals surface area contributed by atoms with Crippen molar-refractivity contribution in [3.05, 3.63) is 24.0 Å². The Hall–Kier alpha value is -2.04. The van der Waals surface area contributed by atoms with Crippen LogP contribution in [0.4, 0.5) is 0 Å². The number of esters is 1. The molecule has 0 aliphatic rings. The Balaban J connectivity index is 2.07. The first-order valence-electron chi connectivity index (χ1n) is 5.52. The summed E-state index contributed by atoms with van der Waals surface area (Å²) in [5.41, 5.74) is 1.55. The van der Waals surface area contributed by atoms with E-state index in [1.807, 2.05) is 0 Å². The normalized spacial score (nSPS) is 10.6. The van der Waals surface area contributed by atoms with Gasteiger partial charge in [-0.1, -0.05) is 0 Å². The van der Waals surface area contributed by atoms with Gasteiger partial charge < -0.3 is 14.8 Å². The molecule has 90 valence electrons. The fraction of sp³-hybridized carbons (Fsp3) is 0.333. The predicted molar refractivity (Wildman–Crippen MR) is 62.7 cm³/mol. The van der Waals surface area contributed by atoms with Gasteiger partial charge in [-0.3, -0.25) is 4.79 Å². The maximum absolute atomic E-state index is 11.2. The van der Waals surface area contributed by atoms with Gasteiger partial charge in [-0.15, -0.1) is 0 Å². The number of aryl methyl sites for hydroxylation is 1. The zero-order chi connectivity index (χ0) is 12.3. The maximum atomic E-state index is 11.2. The van der Waals surface area contributed by atoms with Gasteiger partial charge in [0.15, 0.2) is 0 Å². The number of aromatic hydroxyl groups is 1. The highest BCUT2D eigenvalue weighted by Crippen LogP contribution is 2.18. The third-order valence-corrected chi connectivity index (χ3v) is 2.39. The highest BCUT2D eigenvalue weighted by Gasteiger charge is 2.07. The van der Waals surface area contributed by atoms with Crippen molar-refractivity contribution < 1.29 is 14.6 Å². The van der Waals surface area contributed by atoms with E-state index in [9.17, 15) is 9.90 Å². The number of hydrogen-bond acceptors (Lipinski definition) is 4. The molecule has 0 bridgehead atoms. The summed E-state index contributed by atoms with van der Waals surface area (Å²) in [7, 11) is 0. The lowest BCUT2D eigenvalue weighted by Gasteiger charge is -1.98. The molecule has 0 saturated carbocycles. The number of aromatic nitrogens is 2. The van der Waals surface area contributed by atoms with Gasteiger partial charge in [-0.25, -0.2) is 4.98 Å². The molecular weight excluding hydrogens is 220 g/mol. The highest BCUT2D eigenvalue weighted by atomic mass is 16.5. The Morgan fingerprint density at radius 3 is 3.12 bits per heavy atom. The van der Waals surface area contributed by atoms with Crippen LogP contribution in [0.25, 0.3) is 11.0 Å². The average molecular weight is 234 g/mol. The van der Waals surface area contributed by atoms with E-state index < -0.39 is 0 Å². The molecule has 1 heterocycles. The van der Waals surface area contributed by atoms with Gasteiger partial charge in [-0.2, -0.15) is 0 Å². The van der Waals surface area contributed by atoms with E-state index in [0.29, 0.717) is 19.4 Å². The Labute approximate surface area is 98.4 Å². The first kappa shape index (κ1) is 11.4. The summed E-state index contributed by atoms with van der Waals surface area (Å²) >= 11 is 0. The molecule has 2 rings (SSSR count). The van der Waals surface area contributed by atoms with Crippen molar-refractivity contribution in [2.75, 3.05) is 6.61 Å². The largest absolute Gasteiger partial charge is 0.508 e. The molecule has 17 heavy (non-hydrogen) atoms. The third kappa shape index (κ3) is 2.75. The minimum atomic E-state index is -0.226. The Kier molecular flexibility index (Phi) is 3.27. The summed E-state index contributed by atoms with van der Waals surface area (Å²) in [5, 5.41) is 9.31. The number of carbonyl (C=O) groups excluding carboxylic acids is 1. The number of aromatic amines is 1. The monoisotopic (exact) mass is 234 g/mol. The molecule has 2 N–H and O–H groups in total. The zero-order valence-corrected chi connectivity index (χ0v) is 9.56. The fourth-order valence-corrected chi connectivity index (χ4v) is 1.62. The van der Waals surface area contributed by atoms with Crippen molar-refractivity contribution >= 4 is 17.0 Å². The van der Waals surface area contributed by atoms with Gasteiger partial charge in [0.05, 0.1) is 24.1 Å². The van der Waals surface area contributed by atoms with Gasteiger partial charge in [0.2, 0.25) is 0 Å². The van der Waals surface area contributed by atoms with Crippen molar-refractivity contribution in [1.82, 2.24) is 9.97 Å². The molecule has 0 fully saturated rings. The number of phenols is 1. The topological polar surface area (TPSA) is 75.2 Å². The van der Waals surface area contributed by atoms with Crippen LogP contribution >= 0.6 is 0 Å². The second-order valence-electron chi connectivity index (χ2n) is 3.69. The number of H-pyrrole nitrogens is 1. The first-order valence-corrected chi connectivity index (χ1v) is 5.52. The van der Waals surface area contributed by atoms with E-state index in [1.165, 1.54) is 0 Å². The van der Waals surface area contributed by atoms with Crippen LogP contribution in [0.3, 0.4) is 0 Å². The van der Waals surface area contributed by atoms with Gasteiger partial charge >= 0.3 is 5.97 Å². The number of benzene rings is 1. The van der Waals surface area contributed by atoms with Crippen molar-refractivity contribution in [3.8, 4) is 5.75 Å². The summed E-state index contributed by atoms with van der Waals surface area (Å²) in [5.74, 6) is 0.688. The van der Waals surface area contributed by atoms with E-state index in [0.717, 1.165) is 16.9 Å². The summed E-state index contributed by atoms with van der Waals surface area (Å²) in [6.45, 7) is 2.18. The minimum absolute atomic E-state index is 0.193. The number of nitrogens with zero attached hydrogens (tertiary/aromatic N) is 1. The Morgan fingerprint density at radius 2 is 2.35 bits per heavy atom. The van der Waals surface area contributed by atoms with Crippen LogP contribution in [0.15, 0.2) is 18.2 Å². The number of imidazole rings is 1. The number of fused-ring (bicyclic) bond motifs is 1. The van der Waals surface area contributed by atoms with Crippen molar-refractivity contribution in [2.24, 2.45) is 0 Å². The summed E-state index contributed by atoms with van der Waals surface area (Å²) in [4.78, 5) is 18.5. The van der Waals surface area contributed by atoms with Crippen LogP contribution in [0.2, 0.25) is 0 Å². The van der Waals surface area contributed by atoms with Gasteiger partial charge in [0.1, 0.15) is 11.6 Å². The van der Waals surface area contributed by atoms with Crippen molar-refractivity contribution in [2.45, 2.75) is 19.8 Å². The molecule has 1 aromatic carbocycles. The molecule has 0 atom stereocenters. The molecule has 0 unspecified atom stereocenters. The molecule has 0 radical (unpaired) electrons. The molecule has 5 nitrogen and oxygen atoms in total. The van der Waals surface area contributed by atoms with E-state index in [1.54, 1.807) is 25.1 Å². The van der Waals surface area contributed by atoms with Gasteiger partial charge in [0, 0.05) is 12.5 Å². The molecule has 0 aliphatic heterocycles. The predicted octanol–water partition coefficient (Wildman–Crippen LogP) is 1.76. The Morgan fingerprint density at radius 1 is 1.53 bits per heavy atom. The minimum Gasteiger partial charge on any atom is -0.508 e. The van der Waals surface area contributed by atoms with E-state index in [2.05, 4.69) is 9.97 Å². The summed E-state index contributed by atoms with van der Waals surface area (Å²) in [6.07, 6.45) is 0.813. The lowest BCUT2D eigenvalue weighted by Crippen LogP contribution is -2.05. The number of rotatable bonds is 4. The number of nitrogens with one attached hydrogen (secondary N) is 1. The summed E-state index contributed by atoms with van der Waals surface area (Å²) < 4.78 is 4.84. The van der Waals surface area contributed by atoms with Gasteiger partial charge in [-0.05, 0) is 19.1 Å². The standard InChI is InChI=1S/C12H14N2O3/c1-2-17-12(16)6-5-11-13-9-4-3-8(15)7-10(9)14-11/h3-4,7,15H,2,5-6H2,1H3,(H,13,14). The fourth-order valence-electron chi connectivity index (χ4n) is 1.62. The second-order valence-corrected chi connectivity index (χ2v) is 3.69. The lowest BCUT2D eigenvalue weighted by molar-refractivity contribution is -0.143. The highest BCUT2D eigenvalue weighted by molar-refractivity contribution is 5.77. The maximum Gasteiger partial charge on any atom is 0.306 e. The van der Waals surface area contributed by atoms with Crippen LogP contribution in [0, 0.1) is 0 Å². The van der Waals surface area contributed by atoms with E-state index in [-0.39, 0.29) is 11.7 Å². The quantitative estimate of drug-likeness (QED) is 0.790. The molecule has 5 heteroatoms. The van der Waals surface area contributed by atoms with Crippen LogP contribution in [0.1, 0.15) is 19.2 Å². The third-order valence-electron chi connectivity index (χ3n) is 2.39. The first-order chi connectivity index (χ1) is 8.19. The SMILES string of the molecule is CCOC(=O)CCc1nc2ccc(O)cc2[nH]1. The van der Waals surface area contributed by atoms with Crippen LogP contribution in [-0.4, -0.2) is 27.7 Å². The average Bonchev–Trinajstić information content (AvgIpc) is 2.68. The summed E-state index contributed by atoms with van der Waals surface area (Å²) in [6, 6.07) is 4.92. The van der Waals surface area contributed by atoms with E-state index >= 15 is 0 Å². The smallest absolute Gasteiger partial charge is 0.306 e. The molecule has 0 amide bonds. The number of phenolic OH excluding ortho intramolecular Hbond substituents is 1. The van der Waals surface area contributed by atoms with Crippen molar-refractivity contribution in [3.63, 3.8) is 0 Å². The number of carbonyl (C=O) groups is 1. The van der Waals surface area contributed by atoms with Crippen molar-refractivity contribution in [1.29, 1.82) is 0 Å². The molecule has 0 aliphatic carbocycles. The zero-order valence-electron chi connectivity index (χ0n) is 9.56. The number of hydrogen-bond donors (Lipinski definition) is 2. The van der Waals surface area contributed by atoms with E-state index in [4.69, 9.17) is 4.74 Å². The molecule has 2 aromatic rings. The Bertz CT molecular complexity index is 534. The molecule has 1 aromatic heterocycles. The molecule has 0 saturated heterocycles. The van der Waals surface area contributed by atoms with Crippen LogP contribution < -0.4 is 0 Å². The molecule has 0 spiro atoms. The number of ether oxygens (including phenoxy) is 1. The van der Waals surface area contributed by atoms with Crippen LogP contribution in [-0.2, 0) is 16.0 Å². The van der Waals surface area contributed by atoms with Crippen LogP contribution in [0.5, 0.6) is 5.75 Å². The molecular formula is C12H14N2O3. The second kappa shape index (κ2) is 4.86. The lowest BCUT2D eigenvalue weighted by atomic mass is 10.3. The van der Waals surface area contributed by atoms with Gasteiger partial charge in [0.25, 0.3) is 0 Å².